The topological polar surface area (TPSA) is 35.5 Å². The zero-order valence-corrected chi connectivity index (χ0v) is 21.5. The summed E-state index contributed by atoms with van der Waals surface area (Å²) in [6.07, 6.45) is 5.38. The van der Waals surface area contributed by atoms with Crippen molar-refractivity contribution in [2.75, 3.05) is 13.2 Å². The Morgan fingerprint density at radius 2 is 1.53 bits per heavy atom. The molecular weight excluding hydrogens is 412 g/mol. The molecule has 32 heavy (non-hydrogen) atoms. The highest BCUT2D eigenvalue weighted by Crippen LogP contribution is 2.56. The number of hydrogen-bond acceptors (Lipinski definition) is 3. The minimum absolute atomic E-state index is 0.00924. The van der Waals surface area contributed by atoms with Gasteiger partial charge in [0.05, 0.1) is 12.5 Å². The predicted molar refractivity (Wildman–Crippen MR) is 135 cm³/mol. The van der Waals surface area contributed by atoms with E-state index < -0.39 is 8.32 Å². The number of ether oxygens (including phenoxy) is 1. The van der Waals surface area contributed by atoms with Crippen LogP contribution in [0.3, 0.4) is 0 Å². The van der Waals surface area contributed by atoms with Crippen molar-refractivity contribution in [2.45, 2.75) is 71.8 Å². The van der Waals surface area contributed by atoms with Crippen LogP contribution in [0.1, 0.15) is 66.7 Å². The maximum atomic E-state index is 12.0. The Bertz CT molecular complexity index is 820. The summed E-state index contributed by atoms with van der Waals surface area (Å²) in [6, 6.07) is 21.7. The van der Waals surface area contributed by atoms with Crippen LogP contribution in [0, 0.1) is 11.3 Å². The first-order valence-electron chi connectivity index (χ1n) is 12.2. The van der Waals surface area contributed by atoms with Gasteiger partial charge in [-0.2, -0.15) is 0 Å². The van der Waals surface area contributed by atoms with Crippen molar-refractivity contribution in [3.63, 3.8) is 0 Å². The maximum absolute atomic E-state index is 12.0. The molecule has 0 spiro atoms. The van der Waals surface area contributed by atoms with Gasteiger partial charge in [0.15, 0.2) is 0 Å². The number of benzene rings is 2. The molecule has 0 N–H and O–H groups in total. The zero-order valence-electron chi connectivity index (χ0n) is 20.5. The van der Waals surface area contributed by atoms with Gasteiger partial charge in [-0.25, -0.2) is 0 Å². The maximum Gasteiger partial charge on any atom is 0.309 e. The number of hydrogen-bond donors (Lipinski definition) is 0. The fraction of sp³-hybridized carbons (Fsp3) is 0.536. The second kappa shape index (κ2) is 10.3. The number of rotatable bonds is 11. The highest BCUT2D eigenvalue weighted by atomic mass is 28.4. The van der Waals surface area contributed by atoms with Gasteiger partial charge in [-0.05, 0) is 47.0 Å². The van der Waals surface area contributed by atoms with E-state index in [1.807, 2.05) is 6.92 Å². The first kappa shape index (κ1) is 24.7. The van der Waals surface area contributed by atoms with Crippen molar-refractivity contribution in [1.29, 1.82) is 0 Å². The average Bonchev–Trinajstić information content (AvgIpc) is 3.45. The molecule has 174 valence electrons. The molecule has 4 heteroatoms. The van der Waals surface area contributed by atoms with Gasteiger partial charge in [-0.3, -0.25) is 4.79 Å². The lowest BCUT2D eigenvalue weighted by Gasteiger charge is -2.43. The van der Waals surface area contributed by atoms with Crippen molar-refractivity contribution in [2.24, 2.45) is 11.3 Å². The molecule has 1 saturated carbocycles. The Morgan fingerprint density at radius 1 is 0.969 bits per heavy atom. The standard InChI is InChI=1S/C28H40O3Si/c1-6-30-26(29)25-22-28(25,5)20-14-9-15-21-31-32(27(2,3)4,23-16-10-7-11-17-23)24-18-12-8-13-19-24/h7-8,10-13,16-19,25H,6,9,14-15,20-22H2,1-5H3/t25-,28+/m1/s1. The molecule has 0 aromatic heterocycles. The Hall–Kier alpha value is -1.91. The fourth-order valence-electron chi connectivity index (χ4n) is 5.09. The van der Waals surface area contributed by atoms with Gasteiger partial charge < -0.3 is 9.16 Å². The van der Waals surface area contributed by atoms with E-state index in [0.29, 0.717) is 6.61 Å². The molecule has 1 aliphatic carbocycles. The molecule has 1 fully saturated rings. The van der Waals surface area contributed by atoms with Crippen LogP contribution in [0.25, 0.3) is 0 Å². The Labute approximate surface area is 195 Å². The van der Waals surface area contributed by atoms with Crippen molar-refractivity contribution in [1.82, 2.24) is 0 Å². The van der Waals surface area contributed by atoms with E-state index in [2.05, 4.69) is 88.4 Å². The molecule has 3 rings (SSSR count). The van der Waals surface area contributed by atoms with E-state index in [1.54, 1.807) is 0 Å². The van der Waals surface area contributed by atoms with Gasteiger partial charge in [-0.15, -0.1) is 0 Å². The van der Waals surface area contributed by atoms with Gasteiger partial charge in [0.25, 0.3) is 8.32 Å². The van der Waals surface area contributed by atoms with Gasteiger partial charge >= 0.3 is 5.97 Å². The molecule has 2 aromatic carbocycles. The number of carbonyl (C=O) groups excluding carboxylic acids is 1. The second-order valence-electron chi connectivity index (χ2n) is 10.5. The summed E-state index contributed by atoms with van der Waals surface area (Å²) >= 11 is 0. The van der Waals surface area contributed by atoms with Gasteiger partial charge in [-0.1, -0.05) is 101 Å². The van der Waals surface area contributed by atoms with Crippen LogP contribution < -0.4 is 10.4 Å². The molecule has 0 bridgehead atoms. The molecule has 1 aliphatic rings. The van der Waals surface area contributed by atoms with Crippen molar-refractivity contribution in [3.8, 4) is 0 Å². The van der Waals surface area contributed by atoms with Gasteiger partial charge in [0.1, 0.15) is 0 Å². The molecule has 0 unspecified atom stereocenters. The lowest BCUT2D eigenvalue weighted by Crippen LogP contribution is -2.66. The Balaban J connectivity index is 1.62. The second-order valence-corrected chi connectivity index (χ2v) is 14.8. The smallest absolute Gasteiger partial charge is 0.309 e. The molecule has 0 aliphatic heterocycles. The van der Waals surface area contributed by atoms with Crippen LogP contribution in [0.15, 0.2) is 60.7 Å². The monoisotopic (exact) mass is 452 g/mol. The summed E-state index contributed by atoms with van der Waals surface area (Å²) in [4.78, 5) is 12.0. The van der Waals surface area contributed by atoms with Crippen LogP contribution in [0.2, 0.25) is 5.04 Å². The molecular formula is C28H40O3Si. The first-order chi connectivity index (χ1) is 15.2. The van der Waals surface area contributed by atoms with E-state index >= 15 is 0 Å². The average molecular weight is 453 g/mol. The number of unbranched alkanes of at least 4 members (excludes halogenated alkanes) is 2. The molecule has 3 nitrogen and oxygen atoms in total. The van der Waals surface area contributed by atoms with Crippen LogP contribution in [0.4, 0.5) is 0 Å². The molecule has 0 radical (unpaired) electrons. The Kier molecular flexibility index (Phi) is 8.00. The van der Waals surface area contributed by atoms with E-state index in [1.165, 1.54) is 10.4 Å². The highest BCUT2D eigenvalue weighted by molar-refractivity contribution is 6.99. The Morgan fingerprint density at radius 3 is 2.03 bits per heavy atom. The lowest BCUT2D eigenvalue weighted by molar-refractivity contribution is -0.145. The van der Waals surface area contributed by atoms with Crippen molar-refractivity contribution < 1.29 is 14.0 Å². The zero-order chi connectivity index (χ0) is 23.2. The lowest BCUT2D eigenvalue weighted by atomic mass is 9.98. The third-order valence-electron chi connectivity index (χ3n) is 7.05. The minimum Gasteiger partial charge on any atom is -0.466 e. The van der Waals surface area contributed by atoms with Gasteiger partial charge in [0, 0.05) is 6.61 Å². The summed E-state index contributed by atoms with van der Waals surface area (Å²) in [5, 5.41) is 2.69. The van der Waals surface area contributed by atoms with E-state index in [4.69, 9.17) is 9.16 Å². The first-order valence-corrected chi connectivity index (χ1v) is 14.1. The quantitative estimate of drug-likeness (QED) is 0.249. The van der Waals surface area contributed by atoms with Gasteiger partial charge in [0.2, 0.25) is 0 Å². The number of carbonyl (C=O) groups is 1. The molecule has 2 atom stereocenters. The van der Waals surface area contributed by atoms with Crippen LogP contribution in [-0.4, -0.2) is 27.5 Å². The van der Waals surface area contributed by atoms with Crippen LogP contribution in [0.5, 0.6) is 0 Å². The van der Waals surface area contributed by atoms with E-state index in [9.17, 15) is 4.79 Å². The molecule has 2 aromatic rings. The SMILES string of the molecule is CCOC(=O)[C@H]1C[C@]1(C)CCCCCO[Si](c1ccccc1)(c1ccccc1)C(C)(C)C. The minimum atomic E-state index is -2.43. The summed E-state index contributed by atoms with van der Waals surface area (Å²) in [5.41, 5.74) is 0.144. The van der Waals surface area contributed by atoms with E-state index in [0.717, 1.165) is 38.7 Å². The normalized spacial score (nSPS) is 20.7. The summed E-state index contributed by atoms with van der Waals surface area (Å²) < 4.78 is 12.2. The summed E-state index contributed by atoms with van der Waals surface area (Å²) in [5.74, 6) is 0.0980. The van der Waals surface area contributed by atoms with E-state index in [-0.39, 0.29) is 22.3 Å². The van der Waals surface area contributed by atoms with Crippen LogP contribution in [-0.2, 0) is 14.0 Å². The molecule has 0 heterocycles. The largest absolute Gasteiger partial charge is 0.466 e. The predicted octanol–water partition coefficient (Wildman–Crippen LogP) is 5.71. The van der Waals surface area contributed by atoms with Crippen molar-refractivity contribution in [3.05, 3.63) is 60.7 Å². The van der Waals surface area contributed by atoms with Crippen LogP contribution >= 0.6 is 0 Å². The summed E-state index contributed by atoms with van der Waals surface area (Å²) in [7, 11) is -2.43. The molecule has 0 amide bonds. The summed E-state index contributed by atoms with van der Waals surface area (Å²) in [6.45, 7) is 12.3. The number of esters is 1. The fourth-order valence-corrected chi connectivity index (χ4v) is 9.69. The molecule has 0 saturated heterocycles. The van der Waals surface area contributed by atoms with Crippen molar-refractivity contribution >= 4 is 24.7 Å². The third-order valence-corrected chi connectivity index (χ3v) is 12.1. The highest BCUT2D eigenvalue weighted by Gasteiger charge is 2.54. The third kappa shape index (κ3) is 5.35.